The van der Waals surface area contributed by atoms with Crippen molar-refractivity contribution < 1.29 is 17.9 Å². The van der Waals surface area contributed by atoms with Crippen LogP contribution in [0.25, 0.3) is 0 Å². The first-order valence-electron chi connectivity index (χ1n) is 4.04. The van der Waals surface area contributed by atoms with Crippen LogP contribution in [0.2, 0.25) is 0 Å². The zero-order valence-corrected chi connectivity index (χ0v) is 9.17. The molecule has 1 rings (SSSR count). The predicted octanol–water partition coefficient (Wildman–Crippen LogP) is 0.459. The number of esters is 1. The summed E-state index contributed by atoms with van der Waals surface area (Å²) in [6, 6.07) is 3.99. The van der Waals surface area contributed by atoms with Gasteiger partial charge >= 0.3 is 5.97 Å². The van der Waals surface area contributed by atoms with E-state index in [0.29, 0.717) is 5.69 Å². The Morgan fingerprint density at radius 3 is 2.47 bits per heavy atom. The fraction of sp³-hybridized carbons (Fsp3) is 0.222. The van der Waals surface area contributed by atoms with Crippen LogP contribution in [0.5, 0.6) is 0 Å². The number of methoxy groups -OCH3 is 1. The predicted molar refractivity (Wildman–Crippen MR) is 55.3 cm³/mol. The van der Waals surface area contributed by atoms with Crippen molar-refractivity contribution in [1.82, 2.24) is 0 Å². The van der Waals surface area contributed by atoms with Gasteiger partial charge in [0.15, 0.2) is 9.84 Å². The van der Waals surface area contributed by atoms with E-state index in [4.69, 9.17) is 5.73 Å². The van der Waals surface area contributed by atoms with Crippen molar-refractivity contribution in [3.8, 4) is 0 Å². The molecule has 0 heterocycles. The van der Waals surface area contributed by atoms with E-state index < -0.39 is 15.8 Å². The van der Waals surface area contributed by atoms with Crippen molar-refractivity contribution in [2.75, 3.05) is 19.1 Å². The van der Waals surface area contributed by atoms with Crippen molar-refractivity contribution in [2.45, 2.75) is 4.90 Å². The van der Waals surface area contributed by atoms with Crippen LogP contribution in [0.3, 0.4) is 0 Å². The van der Waals surface area contributed by atoms with Crippen molar-refractivity contribution in [1.29, 1.82) is 0 Å². The maximum atomic E-state index is 11.3. The lowest BCUT2D eigenvalue weighted by Gasteiger charge is -2.06. The molecule has 82 valence electrons. The highest BCUT2D eigenvalue weighted by atomic mass is 32.2. The van der Waals surface area contributed by atoms with Gasteiger partial charge in [-0.25, -0.2) is 13.2 Å². The number of nitrogen functional groups attached to an aromatic ring is 1. The summed E-state index contributed by atoms with van der Waals surface area (Å²) < 4.78 is 27.1. The molecule has 0 saturated carbocycles. The quantitative estimate of drug-likeness (QED) is 0.588. The van der Waals surface area contributed by atoms with Gasteiger partial charge in [-0.1, -0.05) is 0 Å². The van der Waals surface area contributed by atoms with E-state index in [1.165, 1.54) is 25.3 Å². The van der Waals surface area contributed by atoms with E-state index in [1.54, 1.807) is 0 Å². The zero-order valence-electron chi connectivity index (χ0n) is 8.35. The van der Waals surface area contributed by atoms with Gasteiger partial charge < -0.3 is 10.5 Å². The van der Waals surface area contributed by atoms with Crippen LogP contribution in [0, 0.1) is 0 Å². The average molecular weight is 229 g/mol. The molecule has 0 radical (unpaired) electrons. The third kappa shape index (κ3) is 2.47. The third-order valence-electron chi connectivity index (χ3n) is 1.81. The SMILES string of the molecule is COC(=O)c1cc(N)ccc1S(C)(=O)=O. The Hall–Kier alpha value is -1.56. The van der Waals surface area contributed by atoms with Gasteiger partial charge in [-0.2, -0.15) is 0 Å². The number of sulfone groups is 1. The van der Waals surface area contributed by atoms with E-state index in [2.05, 4.69) is 4.74 Å². The molecule has 0 amide bonds. The Morgan fingerprint density at radius 2 is 2.00 bits per heavy atom. The Labute approximate surface area is 87.8 Å². The normalized spacial score (nSPS) is 11.1. The van der Waals surface area contributed by atoms with Crippen LogP contribution in [0.4, 0.5) is 5.69 Å². The van der Waals surface area contributed by atoms with E-state index in [-0.39, 0.29) is 10.5 Å². The van der Waals surface area contributed by atoms with Crippen LogP contribution in [-0.2, 0) is 14.6 Å². The summed E-state index contributed by atoms with van der Waals surface area (Å²) in [5, 5.41) is 0. The summed E-state index contributed by atoms with van der Waals surface area (Å²) in [6.45, 7) is 0. The molecule has 15 heavy (non-hydrogen) atoms. The molecular weight excluding hydrogens is 218 g/mol. The van der Waals surface area contributed by atoms with E-state index >= 15 is 0 Å². The number of benzene rings is 1. The van der Waals surface area contributed by atoms with Gasteiger partial charge in [-0.3, -0.25) is 0 Å². The highest BCUT2D eigenvalue weighted by Crippen LogP contribution is 2.19. The first kappa shape index (κ1) is 11.5. The zero-order chi connectivity index (χ0) is 11.6. The molecule has 0 aliphatic rings. The lowest BCUT2D eigenvalue weighted by Crippen LogP contribution is -2.10. The molecule has 0 aromatic heterocycles. The number of ether oxygens (including phenoxy) is 1. The number of nitrogens with two attached hydrogens (primary N) is 1. The first-order chi connectivity index (χ1) is 6.86. The molecule has 0 saturated heterocycles. The third-order valence-corrected chi connectivity index (χ3v) is 2.96. The van der Waals surface area contributed by atoms with Gasteiger partial charge in [0.25, 0.3) is 0 Å². The van der Waals surface area contributed by atoms with Crippen molar-refractivity contribution in [3.05, 3.63) is 23.8 Å². The van der Waals surface area contributed by atoms with Crippen LogP contribution in [0.15, 0.2) is 23.1 Å². The summed E-state index contributed by atoms with van der Waals surface area (Å²) in [4.78, 5) is 11.2. The Kier molecular flexibility index (Phi) is 2.99. The van der Waals surface area contributed by atoms with Gasteiger partial charge in [0.1, 0.15) is 0 Å². The molecule has 1 aromatic carbocycles. The van der Waals surface area contributed by atoms with Gasteiger partial charge in [0.05, 0.1) is 17.6 Å². The Balaban J connectivity index is 3.47. The van der Waals surface area contributed by atoms with Crippen LogP contribution in [0.1, 0.15) is 10.4 Å². The molecule has 0 spiro atoms. The molecule has 5 nitrogen and oxygen atoms in total. The first-order valence-corrected chi connectivity index (χ1v) is 5.93. The van der Waals surface area contributed by atoms with E-state index in [0.717, 1.165) is 6.26 Å². The number of carbonyl (C=O) groups excluding carboxylic acids is 1. The van der Waals surface area contributed by atoms with Crippen LogP contribution in [-0.4, -0.2) is 27.8 Å². The second-order valence-electron chi connectivity index (χ2n) is 3.02. The molecule has 0 fully saturated rings. The highest BCUT2D eigenvalue weighted by molar-refractivity contribution is 7.90. The second-order valence-corrected chi connectivity index (χ2v) is 5.00. The van der Waals surface area contributed by atoms with E-state index in [1.807, 2.05) is 0 Å². The molecule has 0 aliphatic heterocycles. The topological polar surface area (TPSA) is 86.5 Å². The molecular formula is C9H11NO4S. The lowest BCUT2D eigenvalue weighted by atomic mass is 10.2. The Morgan fingerprint density at radius 1 is 1.40 bits per heavy atom. The minimum atomic E-state index is -3.46. The maximum Gasteiger partial charge on any atom is 0.339 e. The van der Waals surface area contributed by atoms with Gasteiger partial charge in [-0.15, -0.1) is 0 Å². The number of hydrogen-bond donors (Lipinski definition) is 1. The monoisotopic (exact) mass is 229 g/mol. The molecule has 0 aliphatic carbocycles. The maximum absolute atomic E-state index is 11.3. The summed E-state index contributed by atoms with van der Waals surface area (Å²) in [5.41, 5.74) is 5.73. The number of rotatable bonds is 2. The number of anilines is 1. The van der Waals surface area contributed by atoms with Crippen LogP contribution >= 0.6 is 0 Å². The molecule has 0 atom stereocenters. The standard InChI is InChI=1S/C9H11NO4S/c1-14-9(11)7-5-6(10)3-4-8(7)15(2,12)13/h3-5H,10H2,1-2H3. The van der Waals surface area contributed by atoms with Crippen molar-refractivity contribution in [3.63, 3.8) is 0 Å². The molecule has 1 aromatic rings. The fourth-order valence-electron chi connectivity index (χ4n) is 1.14. The average Bonchev–Trinajstić information content (AvgIpc) is 2.14. The fourth-order valence-corrected chi connectivity index (χ4v) is 2.00. The summed E-state index contributed by atoms with van der Waals surface area (Å²) >= 11 is 0. The number of carbonyl (C=O) groups is 1. The van der Waals surface area contributed by atoms with Gasteiger partial charge in [0.2, 0.25) is 0 Å². The van der Waals surface area contributed by atoms with Gasteiger partial charge in [-0.05, 0) is 18.2 Å². The minimum Gasteiger partial charge on any atom is -0.465 e. The lowest BCUT2D eigenvalue weighted by molar-refractivity contribution is 0.0596. The van der Waals surface area contributed by atoms with E-state index in [9.17, 15) is 13.2 Å². The molecule has 0 unspecified atom stereocenters. The molecule has 6 heteroatoms. The summed E-state index contributed by atoms with van der Waals surface area (Å²) in [5.74, 6) is -0.720. The molecule has 0 bridgehead atoms. The largest absolute Gasteiger partial charge is 0.465 e. The van der Waals surface area contributed by atoms with Crippen molar-refractivity contribution in [2.24, 2.45) is 0 Å². The molecule has 2 N–H and O–H groups in total. The number of hydrogen-bond acceptors (Lipinski definition) is 5. The summed E-state index contributed by atoms with van der Waals surface area (Å²) in [6.07, 6.45) is 1.02. The second kappa shape index (κ2) is 3.90. The Bertz CT molecular complexity index is 493. The highest BCUT2D eigenvalue weighted by Gasteiger charge is 2.19. The van der Waals surface area contributed by atoms with Crippen molar-refractivity contribution >= 4 is 21.5 Å². The minimum absolute atomic E-state index is 0.0417. The summed E-state index contributed by atoms with van der Waals surface area (Å²) in [7, 11) is -2.28. The van der Waals surface area contributed by atoms with Gasteiger partial charge in [0, 0.05) is 11.9 Å². The van der Waals surface area contributed by atoms with Crippen LogP contribution < -0.4 is 5.73 Å². The smallest absolute Gasteiger partial charge is 0.339 e.